The zero-order valence-corrected chi connectivity index (χ0v) is 9.85. The molecule has 2 rings (SSSR count). The quantitative estimate of drug-likeness (QED) is 0.656. The average molecular weight is 264 g/mol. The second-order valence-electron chi connectivity index (χ2n) is 4.03. The number of hydrogen-bond acceptors (Lipinski definition) is 4. The fourth-order valence-electron chi connectivity index (χ4n) is 1.73. The van der Waals surface area contributed by atoms with Gasteiger partial charge in [-0.15, -0.1) is 0 Å². The van der Waals surface area contributed by atoms with Crippen LogP contribution in [-0.4, -0.2) is 30.2 Å². The lowest BCUT2D eigenvalue weighted by Crippen LogP contribution is -2.38. The number of fused-ring (bicyclic) bond motifs is 1. The van der Waals surface area contributed by atoms with Crippen LogP contribution in [0.5, 0.6) is 0 Å². The van der Waals surface area contributed by atoms with E-state index in [2.05, 4.69) is 16.5 Å². The molecule has 0 atom stereocenters. The van der Waals surface area contributed by atoms with Crippen LogP contribution in [0.2, 0.25) is 0 Å². The van der Waals surface area contributed by atoms with Gasteiger partial charge in [0, 0.05) is 25.9 Å². The van der Waals surface area contributed by atoms with Crippen molar-refractivity contribution in [3.05, 3.63) is 11.8 Å². The van der Waals surface area contributed by atoms with Gasteiger partial charge >= 0.3 is 6.18 Å². The lowest BCUT2D eigenvalue weighted by Gasteiger charge is -2.21. The predicted molar refractivity (Wildman–Crippen MR) is 55.6 cm³/mol. The van der Waals surface area contributed by atoms with E-state index in [-0.39, 0.29) is 0 Å². The summed E-state index contributed by atoms with van der Waals surface area (Å²) in [5.74, 6) is -3.01. The fraction of sp³-hybridized carbons (Fsp3) is 0.727. The van der Waals surface area contributed by atoms with Crippen LogP contribution in [-0.2, 0) is 4.79 Å². The van der Waals surface area contributed by atoms with Crippen molar-refractivity contribution < 1.29 is 23.1 Å². The summed E-state index contributed by atoms with van der Waals surface area (Å²) in [7, 11) is 0. The lowest BCUT2D eigenvalue weighted by atomic mass is 10.1. The minimum Gasteiger partial charge on any atom is -0.542 e. The smallest absolute Gasteiger partial charge is 0.430 e. The van der Waals surface area contributed by atoms with Crippen LogP contribution < -0.4 is 10.5 Å². The molecule has 2 aliphatic heterocycles. The minimum absolute atomic E-state index is 1.14. The van der Waals surface area contributed by atoms with E-state index in [9.17, 15) is 13.2 Å². The van der Waals surface area contributed by atoms with Crippen molar-refractivity contribution in [1.82, 2.24) is 10.4 Å². The Labute approximate surface area is 103 Å². The maximum Gasteiger partial charge on any atom is 0.430 e. The largest absolute Gasteiger partial charge is 0.542 e. The Bertz CT molecular complexity index is 316. The molecule has 0 radical (unpaired) electrons. The maximum absolute atomic E-state index is 10.5. The van der Waals surface area contributed by atoms with Gasteiger partial charge in [0.25, 0.3) is 5.70 Å². The number of aliphatic carboxylic acids is 1. The zero-order chi connectivity index (χ0) is 13.6. The Morgan fingerprint density at radius 1 is 1.33 bits per heavy atom. The Kier molecular flexibility index (Phi) is 5.37. The van der Waals surface area contributed by atoms with Crippen molar-refractivity contribution in [3.8, 4) is 0 Å². The number of carboxylic acids is 1. The first-order valence-electron chi connectivity index (χ1n) is 5.80. The first kappa shape index (κ1) is 14.7. The highest BCUT2D eigenvalue weighted by Crippen LogP contribution is 2.19. The predicted octanol–water partition coefficient (Wildman–Crippen LogP) is 0.756. The highest BCUT2D eigenvalue weighted by atomic mass is 19.4. The van der Waals surface area contributed by atoms with Crippen LogP contribution in [0.15, 0.2) is 5.70 Å². The molecule has 2 aliphatic rings. The van der Waals surface area contributed by atoms with E-state index < -0.39 is 12.1 Å². The molecule has 0 aliphatic carbocycles. The number of allylic oxidation sites excluding steroid dienone is 2. The number of rotatable bonds is 0. The van der Waals surface area contributed by atoms with Crippen molar-refractivity contribution in [2.24, 2.45) is 0 Å². The molecule has 0 aromatic heterocycles. The summed E-state index contributed by atoms with van der Waals surface area (Å²) in [5.41, 5.74) is 4.83. The summed E-state index contributed by atoms with van der Waals surface area (Å²) in [4.78, 5) is 8.78. The summed E-state index contributed by atoms with van der Waals surface area (Å²) in [6, 6.07) is 0. The molecule has 0 saturated carbocycles. The third-order valence-electron chi connectivity index (χ3n) is 2.59. The highest BCUT2D eigenvalue weighted by Gasteiger charge is 2.28. The van der Waals surface area contributed by atoms with Crippen LogP contribution in [0.1, 0.15) is 32.1 Å². The molecule has 0 spiro atoms. The number of hydrazine groups is 1. The van der Waals surface area contributed by atoms with Crippen molar-refractivity contribution in [2.45, 2.75) is 38.3 Å². The molecular weight excluding hydrogens is 249 g/mol. The van der Waals surface area contributed by atoms with Crippen molar-refractivity contribution in [1.29, 1.82) is 0 Å². The average Bonchev–Trinajstić information content (AvgIpc) is 2.53. The van der Waals surface area contributed by atoms with E-state index >= 15 is 0 Å². The van der Waals surface area contributed by atoms with Gasteiger partial charge in [-0.1, -0.05) is 0 Å². The molecule has 1 N–H and O–H groups in total. The number of carboxylic acid groups (broad SMARTS) is 1. The first-order chi connectivity index (χ1) is 8.41. The minimum atomic E-state index is -5.19. The number of halogens is 3. The second-order valence-corrected chi connectivity index (χ2v) is 4.03. The third-order valence-corrected chi connectivity index (χ3v) is 2.59. The van der Waals surface area contributed by atoms with Gasteiger partial charge in [-0.3, -0.25) is 5.01 Å². The van der Waals surface area contributed by atoms with Gasteiger partial charge in [0.1, 0.15) is 5.97 Å². The molecular formula is C11H15F3N2O2. The molecule has 0 unspecified atom stereocenters. The molecule has 0 bridgehead atoms. The van der Waals surface area contributed by atoms with Gasteiger partial charge in [-0.2, -0.15) is 13.2 Å². The Hall–Kier alpha value is -1.33. The van der Waals surface area contributed by atoms with Gasteiger partial charge in [0.15, 0.2) is 6.42 Å². The Balaban J connectivity index is 0.000000203. The topological polar surface area (TPSA) is 55.4 Å². The van der Waals surface area contributed by atoms with Crippen molar-refractivity contribution in [3.63, 3.8) is 0 Å². The lowest BCUT2D eigenvalue weighted by molar-refractivity contribution is -0.344. The van der Waals surface area contributed by atoms with E-state index in [1.807, 2.05) is 0 Å². The third kappa shape index (κ3) is 4.89. The maximum atomic E-state index is 10.5. The molecule has 7 heteroatoms. The fourth-order valence-corrected chi connectivity index (χ4v) is 1.73. The van der Waals surface area contributed by atoms with Crippen molar-refractivity contribution >= 4 is 5.97 Å². The molecule has 4 nitrogen and oxygen atoms in total. The standard InChI is InChI=1S/C9H15N2.C2HF3O2/c1-3-7-10-11-8-4-2-6-9(11)5-1;3-2(4,5)1(6)7/h10H,1-5,7-8H2;(H,6,7)/q+1;/p-1. The van der Waals surface area contributed by atoms with Crippen LogP contribution >= 0.6 is 0 Å². The van der Waals surface area contributed by atoms with Gasteiger partial charge in [0.2, 0.25) is 6.08 Å². The number of alkyl halides is 3. The van der Waals surface area contributed by atoms with Crippen LogP contribution in [0.25, 0.3) is 0 Å². The summed E-state index contributed by atoms with van der Waals surface area (Å²) >= 11 is 0. The Morgan fingerprint density at radius 2 is 2.00 bits per heavy atom. The summed E-state index contributed by atoms with van der Waals surface area (Å²) in [5, 5.41) is 11.1. The van der Waals surface area contributed by atoms with Crippen LogP contribution in [0.3, 0.4) is 0 Å². The molecule has 2 heterocycles. The van der Waals surface area contributed by atoms with Gasteiger partial charge in [-0.05, 0) is 12.8 Å². The SMILES string of the molecule is O=C([O-])C(F)(F)F.[C+]1=C2CCCCNN2CCC1. The van der Waals surface area contributed by atoms with E-state index in [0.29, 0.717) is 0 Å². The molecule has 1 fully saturated rings. The summed E-state index contributed by atoms with van der Waals surface area (Å²) in [6.45, 7) is 2.33. The first-order valence-corrected chi connectivity index (χ1v) is 5.80. The summed E-state index contributed by atoms with van der Waals surface area (Å²) < 4.78 is 31.5. The number of carbonyl (C=O) groups is 1. The second kappa shape index (κ2) is 6.56. The van der Waals surface area contributed by atoms with Crippen molar-refractivity contribution in [2.75, 3.05) is 13.1 Å². The normalized spacial score (nSPS) is 19.5. The highest BCUT2D eigenvalue weighted by molar-refractivity contribution is 5.70. The molecule has 0 aromatic carbocycles. The molecule has 0 amide bonds. The van der Waals surface area contributed by atoms with Gasteiger partial charge < -0.3 is 9.90 Å². The van der Waals surface area contributed by atoms with E-state index in [0.717, 1.165) is 13.0 Å². The summed E-state index contributed by atoms with van der Waals surface area (Å²) in [6.07, 6.45) is 4.53. The number of hydrogen-bond donors (Lipinski definition) is 1. The molecule has 18 heavy (non-hydrogen) atoms. The number of nitrogens with zero attached hydrogens (tertiary/aromatic N) is 1. The zero-order valence-electron chi connectivity index (χ0n) is 9.85. The molecule has 102 valence electrons. The molecule has 1 saturated heterocycles. The van der Waals surface area contributed by atoms with E-state index in [4.69, 9.17) is 9.90 Å². The monoisotopic (exact) mass is 264 g/mol. The number of nitrogens with one attached hydrogen (secondary N) is 1. The van der Waals surface area contributed by atoms with E-state index in [1.165, 1.54) is 37.9 Å². The van der Waals surface area contributed by atoms with Crippen LogP contribution in [0, 0.1) is 6.08 Å². The number of carbonyl (C=O) groups excluding carboxylic acids is 1. The van der Waals surface area contributed by atoms with Gasteiger partial charge in [-0.25, -0.2) is 5.43 Å². The van der Waals surface area contributed by atoms with Crippen LogP contribution in [0.4, 0.5) is 13.2 Å². The van der Waals surface area contributed by atoms with E-state index in [1.54, 1.807) is 0 Å². The Morgan fingerprint density at radius 3 is 2.61 bits per heavy atom. The molecule has 0 aromatic rings. The van der Waals surface area contributed by atoms with Gasteiger partial charge in [0.05, 0.1) is 0 Å².